The number of furan rings is 1. The molecule has 156 valence electrons. The van der Waals surface area contributed by atoms with Crippen molar-refractivity contribution in [1.82, 2.24) is 4.57 Å². The molecule has 0 aliphatic carbocycles. The van der Waals surface area contributed by atoms with Gasteiger partial charge in [-0.05, 0) is 48.1 Å². The van der Waals surface area contributed by atoms with Gasteiger partial charge in [-0.25, -0.2) is 4.39 Å². The van der Waals surface area contributed by atoms with E-state index in [9.17, 15) is 27.5 Å². The Bertz CT molecular complexity index is 1100. The van der Waals surface area contributed by atoms with Crippen LogP contribution in [0.4, 0.5) is 17.6 Å². The molecule has 3 aromatic rings. The van der Waals surface area contributed by atoms with Crippen molar-refractivity contribution in [1.29, 1.82) is 0 Å². The molecule has 2 aromatic heterocycles. The number of alkyl halides is 3. The Kier molecular flexibility index (Phi) is 5.11. The summed E-state index contributed by atoms with van der Waals surface area (Å²) in [5.74, 6) is -0.563. The number of halogens is 4. The zero-order valence-electron chi connectivity index (χ0n) is 16.2. The number of hydrogen-bond donors (Lipinski definition) is 1. The molecular formula is C21H21F4NO3. The summed E-state index contributed by atoms with van der Waals surface area (Å²) < 4.78 is 62.0. The lowest BCUT2D eigenvalue weighted by Gasteiger charge is -2.39. The number of nitrogens with zero attached hydrogens (tertiary/aromatic N) is 1. The maximum atomic E-state index is 14.0. The minimum atomic E-state index is -4.98. The van der Waals surface area contributed by atoms with Gasteiger partial charge in [0.2, 0.25) is 5.71 Å². The summed E-state index contributed by atoms with van der Waals surface area (Å²) in [6, 6.07) is 6.40. The summed E-state index contributed by atoms with van der Waals surface area (Å²) in [5.41, 5.74) is -3.79. The second-order valence-electron chi connectivity index (χ2n) is 8.00. The molecule has 4 nitrogen and oxygen atoms in total. The first-order valence-electron chi connectivity index (χ1n) is 8.96. The molecule has 0 aliphatic rings. The van der Waals surface area contributed by atoms with E-state index in [4.69, 9.17) is 4.42 Å². The lowest BCUT2D eigenvalue weighted by Crippen LogP contribution is -2.52. The first-order valence-corrected chi connectivity index (χ1v) is 8.96. The molecule has 0 radical (unpaired) electrons. The molecular weight excluding hydrogens is 390 g/mol. The van der Waals surface area contributed by atoms with E-state index in [1.54, 1.807) is 6.92 Å². The van der Waals surface area contributed by atoms with Crippen LogP contribution in [0.15, 0.2) is 52.0 Å². The van der Waals surface area contributed by atoms with E-state index in [0.717, 1.165) is 16.8 Å². The Morgan fingerprint density at radius 3 is 2.48 bits per heavy atom. The number of hydrogen-bond acceptors (Lipinski definition) is 3. The van der Waals surface area contributed by atoms with Crippen LogP contribution < -0.4 is 5.43 Å². The van der Waals surface area contributed by atoms with Crippen molar-refractivity contribution in [2.45, 2.75) is 50.9 Å². The Morgan fingerprint density at radius 2 is 1.83 bits per heavy atom. The van der Waals surface area contributed by atoms with Gasteiger partial charge in [0.15, 0.2) is 11.0 Å². The van der Waals surface area contributed by atoms with Gasteiger partial charge in [-0.3, -0.25) is 4.79 Å². The molecule has 0 spiro atoms. The standard InChI is InChI=1S/C21H21F4NO3/c1-13-4-5-14(22)10-16(13)19(2,3)11-20(28,21(23,24)25)12-26-8-6-17(27)15-7-9-29-18(15)26/h4-10,28H,11-12H2,1-3H3. The van der Waals surface area contributed by atoms with Crippen molar-refractivity contribution in [3.05, 3.63) is 70.0 Å². The predicted octanol–water partition coefficient (Wildman–Crippen LogP) is 4.70. The summed E-state index contributed by atoms with van der Waals surface area (Å²) in [6.45, 7) is 3.86. The molecule has 0 bridgehead atoms. The fourth-order valence-corrected chi connectivity index (χ4v) is 3.83. The molecule has 1 N–H and O–H groups in total. The molecule has 0 amide bonds. The van der Waals surface area contributed by atoms with Crippen LogP contribution in [0.25, 0.3) is 11.1 Å². The molecule has 1 aromatic carbocycles. The van der Waals surface area contributed by atoms with Gasteiger partial charge in [0.1, 0.15) is 5.82 Å². The summed E-state index contributed by atoms with van der Waals surface area (Å²) in [7, 11) is 0. The van der Waals surface area contributed by atoms with Gasteiger partial charge in [0.25, 0.3) is 0 Å². The first-order chi connectivity index (χ1) is 13.3. The van der Waals surface area contributed by atoms with E-state index in [-0.39, 0.29) is 11.1 Å². The number of aryl methyl sites for hydroxylation is 1. The number of benzene rings is 1. The molecule has 0 saturated heterocycles. The zero-order valence-corrected chi connectivity index (χ0v) is 16.2. The van der Waals surface area contributed by atoms with Crippen molar-refractivity contribution in [3.8, 4) is 0 Å². The zero-order chi connectivity index (χ0) is 21.6. The lowest BCUT2D eigenvalue weighted by molar-refractivity contribution is -0.271. The summed E-state index contributed by atoms with van der Waals surface area (Å²) in [5, 5.41) is 10.9. The van der Waals surface area contributed by atoms with Gasteiger partial charge in [0, 0.05) is 12.3 Å². The topological polar surface area (TPSA) is 55.4 Å². The third-order valence-corrected chi connectivity index (χ3v) is 5.20. The number of pyridine rings is 1. The highest BCUT2D eigenvalue weighted by atomic mass is 19.4. The second kappa shape index (κ2) is 7.02. The quantitative estimate of drug-likeness (QED) is 0.619. The predicted molar refractivity (Wildman–Crippen MR) is 100 cm³/mol. The monoisotopic (exact) mass is 411 g/mol. The summed E-state index contributed by atoms with van der Waals surface area (Å²) in [4.78, 5) is 11.8. The van der Waals surface area contributed by atoms with Crippen LogP contribution in [-0.4, -0.2) is 21.5 Å². The van der Waals surface area contributed by atoms with Gasteiger partial charge in [-0.2, -0.15) is 13.2 Å². The molecule has 2 heterocycles. The number of rotatable bonds is 5. The fourth-order valence-electron chi connectivity index (χ4n) is 3.83. The second-order valence-corrected chi connectivity index (χ2v) is 8.00. The van der Waals surface area contributed by atoms with Gasteiger partial charge in [-0.15, -0.1) is 0 Å². The SMILES string of the molecule is Cc1ccc(F)cc1C(C)(C)CC(O)(Cn1ccc(=O)c2ccoc21)C(F)(F)F. The third-order valence-electron chi connectivity index (χ3n) is 5.20. The van der Waals surface area contributed by atoms with Crippen LogP contribution in [0, 0.1) is 12.7 Å². The molecule has 0 fully saturated rings. The van der Waals surface area contributed by atoms with Crippen molar-refractivity contribution >= 4 is 11.1 Å². The highest BCUT2D eigenvalue weighted by Gasteiger charge is 2.56. The first kappa shape index (κ1) is 21.1. The molecule has 0 saturated carbocycles. The van der Waals surface area contributed by atoms with Crippen molar-refractivity contribution < 1.29 is 27.1 Å². The highest BCUT2D eigenvalue weighted by molar-refractivity contribution is 5.73. The van der Waals surface area contributed by atoms with Crippen molar-refractivity contribution in [2.75, 3.05) is 0 Å². The fraction of sp³-hybridized carbons (Fsp3) is 0.381. The van der Waals surface area contributed by atoms with Crippen LogP contribution in [0.5, 0.6) is 0 Å². The van der Waals surface area contributed by atoms with E-state index in [2.05, 4.69) is 0 Å². The normalized spacial score (nSPS) is 14.9. The Morgan fingerprint density at radius 1 is 1.14 bits per heavy atom. The maximum absolute atomic E-state index is 14.0. The molecule has 1 unspecified atom stereocenters. The molecule has 29 heavy (non-hydrogen) atoms. The maximum Gasteiger partial charge on any atom is 0.418 e. The molecule has 1 atom stereocenters. The minimum absolute atomic E-state index is 0.0556. The van der Waals surface area contributed by atoms with Crippen molar-refractivity contribution in [2.24, 2.45) is 0 Å². The van der Waals surface area contributed by atoms with Crippen LogP contribution >= 0.6 is 0 Å². The Hall–Kier alpha value is -2.61. The number of aliphatic hydroxyl groups is 1. The Labute approximate surface area is 164 Å². The minimum Gasteiger partial charge on any atom is -0.448 e. The van der Waals surface area contributed by atoms with Gasteiger partial charge < -0.3 is 14.1 Å². The van der Waals surface area contributed by atoms with E-state index in [1.807, 2.05) is 0 Å². The van der Waals surface area contributed by atoms with E-state index >= 15 is 0 Å². The van der Waals surface area contributed by atoms with Gasteiger partial charge in [0.05, 0.1) is 18.2 Å². The van der Waals surface area contributed by atoms with Crippen LogP contribution in [-0.2, 0) is 12.0 Å². The molecule has 3 rings (SSSR count). The van der Waals surface area contributed by atoms with Gasteiger partial charge in [-0.1, -0.05) is 19.9 Å². The van der Waals surface area contributed by atoms with Crippen molar-refractivity contribution in [3.63, 3.8) is 0 Å². The van der Waals surface area contributed by atoms with Gasteiger partial charge >= 0.3 is 6.18 Å². The van der Waals surface area contributed by atoms with Crippen LogP contribution in [0.2, 0.25) is 0 Å². The van der Waals surface area contributed by atoms with E-state index < -0.39 is 41.4 Å². The highest BCUT2D eigenvalue weighted by Crippen LogP contribution is 2.43. The smallest absolute Gasteiger partial charge is 0.418 e. The Balaban J connectivity index is 2.05. The largest absolute Gasteiger partial charge is 0.448 e. The summed E-state index contributed by atoms with van der Waals surface area (Å²) >= 11 is 0. The number of aromatic nitrogens is 1. The lowest BCUT2D eigenvalue weighted by atomic mass is 9.73. The average molecular weight is 411 g/mol. The average Bonchev–Trinajstić information content (AvgIpc) is 3.09. The molecule has 0 aliphatic heterocycles. The number of fused-ring (bicyclic) bond motifs is 1. The third kappa shape index (κ3) is 3.94. The van der Waals surface area contributed by atoms with E-state index in [0.29, 0.717) is 11.1 Å². The van der Waals surface area contributed by atoms with Crippen LogP contribution in [0.3, 0.4) is 0 Å². The molecule has 8 heteroatoms. The van der Waals surface area contributed by atoms with E-state index in [1.165, 1.54) is 44.4 Å². The summed E-state index contributed by atoms with van der Waals surface area (Å²) in [6.07, 6.45) is -3.34. The van der Waals surface area contributed by atoms with Crippen LogP contribution in [0.1, 0.15) is 31.4 Å².